The maximum absolute atomic E-state index is 12.4. The lowest BCUT2D eigenvalue weighted by atomic mass is 9.90. The highest BCUT2D eigenvalue weighted by molar-refractivity contribution is 7.89. The second kappa shape index (κ2) is 7.17. The molecule has 2 rings (SSSR count). The molecule has 0 aliphatic heterocycles. The van der Waals surface area contributed by atoms with Crippen molar-refractivity contribution in [1.29, 1.82) is 0 Å². The van der Waals surface area contributed by atoms with Crippen LogP contribution in [0.2, 0.25) is 10.0 Å². The highest BCUT2D eigenvalue weighted by atomic mass is 35.5. The number of aromatic carboxylic acids is 1. The van der Waals surface area contributed by atoms with Crippen LogP contribution < -0.4 is 4.72 Å². The number of carboxylic acids is 1. The third-order valence-corrected chi connectivity index (χ3v) is 6.03. The van der Waals surface area contributed by atoms with Crippen molar-refractivity contribution in [2.24, 2.45) is 5.92 Å². The first-order valence-corrected chi connectivity index (χ1v) is 9.27. The van der Waals surface area contributed by atoms with Crippen LogP contribution in [0, 0.1) is 5.92 Å². The Kier molecular flexibility index (Phi) is 5.71. The SMILES string of the molecule is O=C(O)c1cc(S(=O)(=O)NCC2CCCCC2)c(Cl)cc1Cl. The predicted molar refractivity (Wildman–Crippen MR) is 85.2 cm³/mol. The summed E-state index contributed by atoms with van der Waals surface area (Å²) in [5.74, 6) is -0.987. The summed E-state index contributed by atoms with van der Waals surface area (Å²) in [5, 5.41) is 8.85. The minimum Gasteiger partial charge on any atom is -0.478 e. The lowest BCUT2D eigenvalue weighted by molar-refractivity contribution is 0.0697. The molecule has 5 nitrogen and oxygen atoms in total. The van der Waals surface area contributed by atoms with Crippen LogP contribution in [0.4, 0.5) is 0 Å². The summed E-state index contributed by atoms with van der Waals surface area (Å²) in [4.78, 5) is 10.8. The fourth-order valence-corrected chi connectivity index (χ4v) is 4.56. The van der Waals surface area contributed by atoms with Crippen molar-refractivity contribution < 1.29 is 18.3 Å². The fourth-order valence-electron chi connectivity index (χ4n) is 2.60. The molecule has 2 N–H and O–H groups in total. The van der Waals surface area contributed by atoms with Gasteiger partial charge in [-0.15, -0.1) is 0 Å². The fraction of sp³-hybridized carbons (Fsp3) is 0.500. The van der Waals surface area contributed by atoms with E-state index < -0.39 is 16.0 Å². The maximum Gasteiger partial charge on any atom is 0.337 e. The first kappa shape index (κ1) is 17.5. The van der Waals surface area contributed by atoms with Crippen molar-refractivity contribution in [3.63, 3.8) is 0 Å². The third-order valence-electron chi connectivity index (χ3n) is 3.83. The minimum atomic E-state index is -3.87. The Morgan fingerprint density at radius 3 is 2.41 bits per heavy atom. The van der Waals surface area contributed by atoms with Crippen molar-refractivity contribution >= 4 is 39.2 Å². The van der Waals surface area contributed by atoms with Crippen LogP contribution >= 0.6 is 23.2 Å². The molecular formula is C14H17Cl2NO4S. The quantitative estimate of drug-likeness (QED) is 0.835. The van der Waals surface area contributed by atoms with Crippen LogP contribution in [0.3, 0.4) is 0 Å². The van der Waals surface area contributed by atoms with Gasteiger partial charge in [0.15, 0.2) is 0 Å². The minimum absolute atomic E-state index is 0.0915. The van der Waals surface area contributed by atoms with Gasteiger partial charge in [-0.25, -0.2) is 17.9 Å². The smallest absolute Gasteiger partial charge is 0.337 e. The van der Waals surface area contributed by atoms with Gasteiger partial charge in [-0.1, -0.05) is 42.5 Å². The number of halogens is 2. The Morgan fingerprint density at radius 2 is 1.82 bits per heavy atom. The number of carboxylic acid groups (broad SMARTS) is 1. The summed E-state index contributed by atoms with van der Waals surface area (Å²) >= 11 is 11.7. The number of hydrogen-bond acceptors (Lipinski definition) is 3. The molecule has 0 unspecified atom stereocenters. The summed E-state index contributed by atoms with van der Waals surface area (Å²) in [6, 6.07) is 2.14. The van der Waals surface area contributed by atoms with E-state index in [0.717, 1.165) is 37.8 Å². The standard InChI is InChI=1S/C14H17Cl2NO4S/c15-11-7-12(16)13(6-10(11)14(18)19)22(20,21)17-8-9-4-2-1-3-5-9/h6-7,9,17H,1-5,8H2,(H,18,19). The highest BCUT2D eigenvalue weighted by Crippen LogP contribution is 2.29. The van der Waals surface area contributed by atoms with Gasteiger partial charge in [0.2, 0.25) is 10.0 Å². The van der Waals surface area contributed by atoms with Crippen molar-refractivity contribution in [2.75, 3.05) is 6.54 Å². The molecule has 1 fully saturated rings. The monoisotopic (exact) mass is 365 g/mol. The Morgan fingerprint density at radius 1 is 1.18 bits per heavy atom. The molecule has 0 radical (unpaired) electrons. The van der Waals surface area contributed by atoms with E-state index in [1.54, 1.807) is 0 Å². The lowest BCUT2D eigenvalue weighted by Gasteiger charge is -2.21. The molecule has 1 aromatic rings. The molecule has 0 saturated heterocycles. The predicted octanol–water partition coefficient (Wildman–Crippen LogP) is 3.55. The zero-order valence-electron chi connectivity index (χ0n) is 11.8. The van der Waals surface area contributed by atoms with Crippen LogP contribution in [-0.4, -0.2) is 26.0 Å². The van der Waals surface area contributed by atoms with Gasteiger partial charge in [0, 0.05) is 6.54 Å². The number of carbonyl (C=O) groups is 1. The molecule has 1 saturated carbocycles. The summed E-state index contributed by atoms with van der Waals surface area (Å²) in [7, 11) is -3.87. The van der Waals surface area contributed by atoms with E-state index >= 15 is 0 Å². The van der Waals surface area contributed by atoms with Crippen molar-refractivity contribution in [3.05, 3.63) is 27.7 Å². The van der Waals surface area contributed by atoms with E-state index in [-0.39, 0.29) is 20.5 Å². The molecule has 1 aliphatic carbocycles. The van der Waals surface area contributed by atoms with Gasteiger partial charge in [-0.05, 0) is 30.9 Å². The van der Waals surface area contributed by atoms with E-state index in [1.807, 2.05) is 0 Å². The van der Waals surface area contributed by atoms with Crippen molar-refractivity contribution in [1.82, 2.24) is 4.72 Å². The highest BCUT2D eigenvalue weighted by Gasteiger charge is 2.24. The van der Waals surface area contributed by atoms with E-state index in [0.29, 0.717) is 12.5 Å². The van der Waals surface area contributed by atoms with Gasteiger partial charge < -0.3 is 5.11 Å². The van der Waals surface area contributed by atoms with Crippen molar-refractivity contribution in [2.45, 2.75) is 37.0 Å². The third kappa shape index (κ3) is 4.13. The van der Waals surface area contributed by atoms with Gasteiger partial charge in [-0.2, -0.15) is 0 Å². The number of benzene rings is 1. The van der Waals surface area contributed by atoms with Gasteiger partial charge in [0.25, 0.3) is 0 Å². The molecule has 122 valence electrons. The van der Waals surface area contributed by atoms with E-state index in [2.05, 4.69) is 4.72 Å². The van der Waals surface area contributed by atoms with Gasteiger partial charge in [0.05, 0.1) is 15.6 Å². The van der Waals surface area contributed by atoms with Crippen LogP contribution in [-0.2, 0) is 10.0 Å². The molecule has 0 atom stereocenters. The molecule has 0 amide bonds. The Balaban J connectivity index is 2.21. The average molecular weight is 366 g/mol. The molecule has 1 aromatic carbocycles. The van der Waals surface area contributed by atoms with Gasteiger partial charge in [0.1, 0.15) is 4.90 Å². The van der Waals surface area contributed by atoms with Crippen LogP contribution in [0.5, 0.6) is 0 Å². The molecule has 0 spiro atoms. The first-order valence-electron chi connectivity index (χ1n) is 7.03. The molecule has 22 heavy (non-hydrogen) atoms. The molecule has 1 aliphatic rings. The number of nitrogens with one attached hydrogen (secondary N) is 1. The maximum atomic E-state index is 12.4. The van der Waals surface area contributed by atoms with Gasteiger partial charge in [-0.3, -0.25) is 0 Å². The average Bonchev–Trinajstić information content (AvgIpc) is 2.45. The Labute approximate surface area is 139 Å². The molecule has 0 aromatic heterocycles. The van der Waals surface area contributed by atoms with Crippen molar-refractivity contribution in [3.8, 4) is 0 Å². The first-order chi connectivity index (χ1) is 10.3. The largest absolute Gasteiger partial charge is 0.478 e. The summed E-state index contributed by atoms with van der Waals surface area (Å²) in [6.45, 7) is 0.337. The zero-order chi connectivity index (χ0) is 16.3. The Bertz CT molecular complexity index is 670. The number of sulfonamides is 1. The summed E-state index contributed by atoms with van der Waals surface area (Å²) in [6.07, 6.45) is 5.40. The zero-order valence-corrected chi connectivity index (χ0v) is 14.1. The van der Waals surface area contributed by atoms with Gasteiger partial charge >= 0.3 is 5.97 Å². The Hall–Kier alpha value is -0.820. The van der Waals surface area contributed by atoms with E-state index in [1.165, 1.54) is 6.42 Å². The second-order valence-electron chi connectivity index (χ2n) is 5.42. The number of hydrogen-bond donors (Lipinski definition) is 2. The summed E-state index contributed by atoms with van der Waals surface area (Å²) in [5.41, 5.74) is -0.288. The number of rotatable bonds is 5. The topological polar surface area (TPSA) is 83.5 Å². The van der Waals surface area contributed by atoms with Crippen LogP contribution in [0.15, 0.2) is 17.0 Å². The van der Waals surface area contributed by atoms with Crippen LogP contribution in [0.1, 0.15) is 42.5 Å². The second-order valence-corrected chi connectivity index (χ2v) is 7.97. The molecule has 8 heteroatoms. The molecule has 0 heterocycles. The lowest BCUT2D eigenvalue weighted by Crippen LogP contribution is -2.30. The summed E-state index contributed by atoms with van der Waals surface area (Å²) < 4.78 is 27.2. The molecule has 0 bridgehead atoms. The van der Waals surface area contributed by atoms with Crippen LogP contribution in [0.25, 0.3) is 0 Å². The van der Waals surface area contributed by atoms with E-state index in [4.69, 9.17) is 28.3 Å². The van der Waals surface area contributed by atoms with E-state index in [9.17, 15) is 13.2 Å². The molecular weight excluding hydrogens is 349 g/mol. The normalized spacial score (nSPS) is 16.6.